The second-order valence-corrected chi connectivity index (χ2v) is 7.83. The van der Waals surface area contributed by atoms with Crippen LogP contribution < -0.4 is 16.0 Å². The lowest BCUT2D eigenvalue weighted by Gasteiger charge is -2.32. The molecule has 5 heteroatoms. The van der Waals surface area contributed by atoms with Gasteiger partial charge in [0.25, 0.3) is 0 Å². The van der Waals surface area contributed by atoms with Gasteiger partial charge in [0.1, 0.15) is 0 Å². The average Bonchev–Trinajstić information content (AvgIpc) is 3.48. The molecule has 2 aromatic rings. The van der Waals surface area contributed by atoms with E-state index in [0.717, 1.165) is 0 Å². The van der Waals surface area contributed by atoms with Crippen molar-refractivity contribution in [1.82, 2.24) is 5.32 Å². The van der Waals surface area contributed by atoms with Crippen LogP contribution >= 0.6 is 11.8 Å². The largest absolute Gasteiger partial charge is 0.354 e. The molecule has 0 bridgehead atoms. The molecule has 4 rings (SSSR count). The Morgan fingerprint density at radius 2 is 1.72 bits per heavy atom. The first-order valence-electron chi connectivity index (χ1n) is 8.88. The fourth-order valence-corrected chi connectivity index (χ4v) is 4.34. The van der Waals surface area contributed by atoms with Crippen molar-refractivity contribution in [2.45, 2.75) is 35.1 Å². The van der Waals surface area contributed by atoms with Crippen molar-refractivity contribution < 1.29 is 4.79 Å². The van der Waals surface area contributed by atoms with Crippen LogP contribution in [-0.4, -0.2) is 25.0 Å². The first kappa shape index (κ1) is 16.5. The molecule has 1 aliphatic carbocycles. The van der Waals surface area contributed by atoms with Gasteiger partial charge in [0.15, 0.2) is 0 Å². The Bertz CT molecular complexity index is 730. The third kappa shape index (κ3) is 3.67. The van der Waals surface area contributed by atoms with Crippen LogP contribution in [0.5, 0.6) is 0 Å². The van der Waals surface area contributed by atoms with Crippen LogP contribution in [0.25, 0.3) is 0 Å². The van der Waals surface area contributed by atoms with Gasteiger partial charge in [0, 0.05) is 35.3 Å². The summed E-state index contributed by atoms with van der Waals surface area (Å²) in [5.74, 6) is 0.683. The normalized spacial score (nSPS) is 16.8. The quantitative estimate of drug-likeness (QED) is 0.834. The second-order valence-electron chi connectivity index (χ2n) is 6.74. The van der Waals surface area contributed by atoms with E-state index in [2.05, 4.69) is 58.7 Å². The maximum atomic E-state index is 12.3. The number of hydrogen-bond acceptors (Lipinski definition) is 4. The van der Waals surface area contributed by atoms with Gasteiger partial charge in [-0.15, -0.1) is 0 Å². The third-order valence-corrected chi connectivity index (χ3v) is 5.99. The molecule has 1 atom stereocenters. The molecule has 2 aromatic carbocycles. The van der Waals surface area contributed by atoms with Crippen LogP contribution in [0, 0.1) is 5.92 Å². The molecule has 3 N–H and O–H groups in total. The molecule has 0 saturated heterocycles. The molecule has 0 spiro atoms. The number of carbonyl (C=O) groups excluding carboxylic acids is 1. The van der Waals surface area contributed by atoms with Gasteiger partial charge in [0.05, 0.1) is 11.4 Å². The summed E-state index contributed by atoms with van der Waals surface area (Å²) >= 11 is 1.79. The monoisotopic (exact) mass is 353 g/mol. The first-order valence-corrected chi connectivity index (χ1v) is 9.70. The highest BCUT2D eigenvalue weighted by Gasteiger charge is 2.28. The Kier molecular flexibility index (Phi) is 4.68. The molecule has 0 radical (unpaired) electrons. The van der Waals surface area contributed by atoms with Gasteiger partial charge < -0.3 is 16.0 Å². The molecule has 4 nitrogen and oxygen atoms in total. The molecular formula is C20H23N3OS. The van der Waals surface area contributed by atoms with E-state index in [1.54, 1.807) is 11.8 Å². The number of anilines is 2. The van der Waals surface area contributed by atoms with Crippen molar-refractivity contribution in [3.63, 3.8) is 0 Å². The van der Waals surface area contributed by atoms with Gasteiger partial charge in [0.2, 0.25) is 5.91 Å². The summed E-state index contributed by atoms with van der Waals surface area (Å²) in [6.45, 7) is 1.26. The van der Waals surface area contributed by atoms with Crippen molar-refractivity contribution in [3.05, 3.63) is 48.5 Å². The summed E-state index contributed by atoms with van der Waals surface area (Å²) < 4.78 is 0. The van der Waals surface area contributed by atoms with E-state index in [9.17, 15) is 4.79 Å². The SMILES string of the molecule is NC(CNC(=O)CCN1c2ccccc2Sc2ccccc21)C1CC1. The number of para-hydroxylation sites is 2. The third-order valence-electron chi connectivity index (χ3n) is 4.86. The summed E-state index contributed by atoms with van der Waals surface area (Å²) in [7, 11) is 0. The van der Waals surface area contributed by atoms with Crippen LogP contribution in [0.4, 0.5) is 11.4 Å². The molecule has 1 unspecified atom stereocenters. The van der Waals surface area contributed by atoms with E-state index in [0.29, 0.717) is 25.4 Å². The van der Waals surface area contributed by atoms with Gasteiger partial charge in [-0.2, -0.15) is 0 Å². The van der Waals surface area contributed by atoms with Crippen molar-refractivity contribution >= 4 is 29.0 Å². The molecule has 0 aromatic heterocycles. The molecule has 1 saturated carbocycles. The average molecular weight is 353 g/mol. The lowest BCUT2D eigenvalue weighted by atomic mass is 10.2. The summed E-state index contributed by atoms with van der Waals surface area (Å²) in [5.41, 5.74) is 8.41. The first-order chi connectivity index (χ1) is 12.2. The van der Waals surface area contributed by atoms with Crippen LogP contribution in [-0.2, 0) is 4.79 Å². The van der Waals surface area contributed by atoms with Gasteiger partial charge in [-0.1, -0.05) is 36.0 Å². The smallest absolute Gasteiger partial charge is 0.221 e. The number of rotatable bonds is 6. The van der Waals surface area contributed by atoms with Crippen LogP contribution in [0.15, 0.2) is 58.3 Å². The molecular weight excluding hydrogens is 330 g/mol. The highest BCUT2D eigenvalue weighted by atomic mass is 32.2. The zero-order valence-electron chi connectivity index (χ0n) is 14.2. The summed E-state index contributed by atoms with van der Waals surface area (Å²) in [5, 5.41) is 3.00. The van der Waals surface area contributed by atoms with E-state index in [1.165, 1.54) is 34.0 Å². The number of fused-ring (bicyclic) bond motifs is 2. The Labute approximate surface area is 152 Å². The van der Waals surface area contributed by atoms with Crippen LogP contribution in [0.3, 0.4) is 0 Å². The van der Waals surface area contributed by atoms with Gasteiger partial charge in [-0.05, 0) is 43.0 Å². The summed E-state index contributed by atoms with van der Waals surface area (Å²) in [6.07, 6.45) is 2.87. The fraction of sp³-hybridized carbons (Fsp3) is 0.350. The molecule has 1 aliphatic heterocycles. The van der Waals surface area contributed by atoms with Gasteiger partial charge in [-0.3, -0.25) is 4.79 Å². The molecule has 130 valence electrons. The van der Waals surface area contributed by atoms with E-state index < -0.39 is 0 Å². The molecule has 1 amide bonds. The molecule has 1 heterocycles. The van der Waals surface area contributed by atoms with Gasteiger partial charge >= 0.3 is 0 Å². The zero-order valence-corrected chi connectivity index (χ0v) is 15.0. The number of benzene rings is 2. The van der Waals surface area contributed by atoms with Crippen molar-refractivity contribution in [2.24, 2.45) is 11.7 Å². The van der Waals surface area contributed by atoms with Crippen molar-refractivity contribution in [3.8, 4) is 0 Å². The Hall–Kier alpha value is -1.98. The van der Waals surface area contributed by atoms with E-state index >= 15 is 0 Å². The Morgan fingerprint density at radius 1 is 1.12 bits per heavy atom. The van der Waals surface area contributed by atoms with Crippen molar-refractivity contribution in [1.29, 1.82) is 0 Å². The van der Waals surface area contributed by atoms with E-state index in [-0.39, 0.29) is 11.9 Å². The minimum Gasteiger partial charge on any atom is -0.354 e. The maximum Gasteiger partial charge on any atom is 0.221 e. The number of carbonyl (C=O) groups is 1. The Morgan fingerprint density at radius 3 is 2.32 bits per heavy atom. The van der Waals surface area contributed by atoms with Crippen LogP contribution in [0.2, 0.25) is 0 Å². The number of nitrogens with zero attached hydrogens (tertiary/aromatic N) is 1. The predicted octanol–water partition coefficient (Wildman–Crippen LogP) is 3.53. The Balaban J connectivity index is 1.43. The van der Waals surface area contributed by atoms with Gasteiger partial charge in [-0.25, -0.2) is 0 Å². The van der Waals surface area contributed by atoms with E-state index in [4.69, 9.17) is 5.73 Å². The molecule has 1 fully saturated rings. The zero-order chi connectivity index (χ0) is 17.2. The maximum absolute atomic E-state index is 12.3. The van der Waals surface area contributed by atoms with E-state index in [1.807, 2.05) is 0 Å². The lowest BCUT2D eigenvalue weighted by molar-refractivity contribution is -0.120. The predicted molar refractivity (Wildman–Crippen MR) is 102 cm³/mol. The number of hydrogen-bond donors (Lipinski definition) is 2. The summed E-state index contributed by atoms with van der Waals surface area (Å²) in [6, 6.07) is 16.8. The molecule has 2 aliphatic rings. The highest BCUT2D eigenvalue weighted by Crippen LogP contribution is 2.47. The second kappa shape index (κ2) is 7.10. The minimum atomic E-state index is 0.0734. The minimum absolute atomic E-state index is 0.0734. The highest BCUT2D eigenvalue weighted by molar-refractivity contribution is 7.99. The topological polar surface area (TPSA) is 58.4 Å². The number of nitrogens with two attached hydrogens (primary N) is 1. The number of nitrogens with one attached hydrogen (secondary N) is 1. The fourth-order valence-electron chi connectivity index (χ4n) is 3.25. The summed E-state index contributed by atoms with van der Waals surface area (Å²) in [4.78, 5) is 17.0. The standard InChI is InChI=1S/C20H23N3OS/c21-15(14-9-10-14)13-22-20(24)11-12-23-16-5-1-3-7-18(16)25-19-8-4-2-6-17(19)23/h1-8,14-15H,9-13,21H2,(H,22,24). The lowest BCUT2D eigenvalue weighted by Crippen LogP contribution is -2.39. The number of amides is 1. The van der Waals surface area contributed by atoms with Crippen molar-refractivity contribution in [2.75, 3.05) is 18.0 Å². The van der Waals surface area contributed by atoms with Crippen LogP contribution in [0.1, 0.15) is 19.3 Å². The molecule has 25 heavy (non-hydrogen) atoms.